The van der Waals surface area contributed by atoms with Crippen molar-refractivity contribution in [2.75, 3.05) is 19.0 Å². The first-order chi connectivity index (χ1) is 12.8. The van der Waals surface area contributed by atoms with E-state index in [2.05, 4.69) is 5.32 Å². The number of carbonyl (C=O) groups is 3. The van der Waals surface area contributed by atoms with Gasteiger partial charge in [-0.15, -0.1) is 0 Å². The Morgan fingerprint density at radius 3 is 2.44 bits per heavy atom. The molecule has 0 radical (unpaired) electrons. The summed E-state index contributed by atoms with van der Waals surface area (Å²) in [5.41, 5.74) is 2.07. The number of ether oxygens (including phenoxy) is 2. The molecule has 3 amide bonds. The highest BCUT2D eigenvalue weighted by Crippen LogP contribution is 2.17. The zero-order valence-electron chi connectivity index (χ0n) is 15.1. The second kappa shape index (κ2) is 8.79. The van der Waals surface area contributed by atoms with Crippen LogP contribution in [0.3, 0.4) is 0 Å². The lowest BCUT2D eigenvalue weighted by Gasteiger charge is -2.10. The molecule has 2 aromatic carbocycles. The fraction of sp³-hybridized carbons (Fsp3) is 0.211. The van der Waals surface area contributed by atoms with Gasteiger partial charge in [-0.05, 0) is 37.6 Å². The number of aryl methyl sites for hydroxylation is 2. The number of methoxy groups -OCH3 is 1. The Balaban J connectivity index is 1.86. The summed E-state index contributed by atoms with van der Waals surface area (Å²) in [6, 6.07) is 8.23. The summed E-state index contributed by atoms with van der Waals surface area (Å²) in [5, 5.41) is 4.55. The van der Waals surface area contributed by atoms with Crippen LogP contribution in [-0.4, -0.2) is 31.6 Å². The van der Waals surface area contributed by atoms with Gasteiger partial charge in [0.25, 0.3) is 5.91 Å². The van der Waals surface area contributed by atoms with Crippen molar-refractivity contribution in [1.29, 1.82) is 0 Å². The normalized spacial score (nSPS) is 10.1. The molecule has 0 heterocycles. The lowest BCUT2D eigenvalue weighted by atomic mass is 10.1. The number of urea groups is 1. The Labute approximate surface area is 155 Å². The second-order valence-electron chi connectivity index (χ2n) is 5.74. The summed E-state index contributed by atoms with van der Waals surface area (Å²) in [7, 11) is 1.36. The Bertz CT molecular complexity index is 882. The number of halogens is 1. The van der Waals surface area contributed by atoms with Crippen LogP contribution in [0.1, 0.15) is 21.5 Å². The molecule has 0 unspecified atom stereocenters. The van der Waals surface area contributed by atoms with Crippen molar-refractivity contribution in [3.63, 3.8) is 0 Å². The van der Waals surface area contributed by atoms with Crippen LogP contribution in [0.15, 0.2) is 36.4 Å². The van der Waals surface area contributed by atoms with Crippen LogP contribution in [0, 0.1) is 19.7 Å². The molecule has 0 aliphatic heterocycles. The smallest absolute Gasteiger partial charge is 0.341 e. The number of carbonyl (C=O) groups excluding carboxylic acids is 3. The third kappa shape index (κ3) is 5.53. The van der Waals surface area contributed by atoms with Gasteiger partial charge < -0.3 is 14.8 Å². The van der Waals surface area contributed by atoms with Gasteiger partial charge in [-0.25, -0.2) is 14.0 Å². The van der Waals surface area contributed by atoms with E-state index in [9.17, 15) is 18.8 Å². The van der Waals surface area contributed by atoms with Crippen molar-refractivity contribution < 1.29 is 28.2 Å². The summed E-state index contributed by atoms with van der Waals surface area (Å²) in [4.78, 5) is 35.4. The van der Waals surface area contributed by atoms with Crippen LogP contribution in [0.25, 0.3) is 0 Å². The number of hydrogen-bond donors (Lipinski definition) is 2. The predicted molar refractivity (Wildman–Crippen MR) is 96.3 cm³/mol. The molecule has 0 aliphatic carbocycles. The number of imide groups is 1. The number of anilines is 1. The van der Waals surface area contributed by atoms with Gasteiger partial charge in [-0.2, -0.15) is 0 Å². The number of hydrogen-bond acceptors (Lipinski definition) is 5. The number of esters is 1. The Morgan fingerprint density at radius 2 is 1.81 bits per heavy atom. The molecule has 0 bridgehead atoms. The van der Waals surface area contributed by atoms with Gasteiger partial charge in [0.15, 0.2) is 6.61 Å². The van der Waals surface area contributed by atoms with Gasteiger partial charge in [-0.1, -0.05) is 17.7 Å². The Morgan fingerprint density at radius 1 is 1.07 bits per heavy atom. The van der Waals surface area contributed by atoms with E-state index in [0.29, 0.717) is 5.69 Å². The molecule has 0 spiro atoms. The predicted octanol–water partition coefficient (Wildman–Crippen LogP) is 2.96. The number of nitrogens with one attached hydrogen (secondary N) is 2. The highest BCUT2D eigenvalue weighted by Gasteiger charge is 2.17. The second-order valence-corrected chi connectivity index (χ2v) is 5.74. The molecular formula is C19H19FN2O5. The molecule has 2 aromatic rings. The third-order valence-electron chi connectivity index (χ3n) is 3.61. The van der Waals surface area contributed by atoms with Crippen LogP contribution in [0.2, 0.25) is 0 Å². The molecule has 0 aliphatic rings. The van der Waals surface area contributed by atoms with Gasteiger partial charge in [0, 0.05) is 11.8 Å². The SMILES string of the molecule is COc1ccc(C(=O)OCC(=O)NC(=O)Nc2ccc(C)cc2C)c(F)c1. The molecular weight excluding hydrogens is 355 g/mol. The van der Waals surface area contributed by atoms with Crippen molar-refractivity contribution >= 4 is 23.6 Å². The average Bonchev–Trinajstić information content (AvgIpc) is 2.61. The van der Waals surface area contributed by atoms with E-state index in [4.69, 9.17) is 9.47 Å². The molecule has 27 heavy (non-hydrogen) atoms. The quantitative estimate of drug-likeness (QED) is 0.785. The van der Waals surface area contributed by atoms with Gasteiger partial charge in [-0.3, -0.25) is 10.1 Å². The molecule has 0 atom stereocenters. The number of rotatable bonds is 5. The van der Waals surface area contributed by atoms with E-state index in [0.717, 1.165) is 17.2 Å². The van der Waals surface area contributed by atoms with E-state index in [1.54, 1.807) is 6.07 Å². The lowest BCUT2D eigenvalue weighted by Crippen LogP contribution is -2.37. The van der Waals surface area contributed by atoms with Crippen LogP contribution in [0.4, 0.5) is 14.9 Å². The molecule has 142 valence electrons. The molecule has 2 rings (SSSR count). The summed E-state index contributed by atoms with van der Waals surface area (Å²) < 4.78 is 23.3. The standard InChI is InChI=1S/C19H19FN2O5/c1-11-4-7-16(12(2)8-11)21-19(25)22-17(23)10-27-18(24)14-6-5-13(26-3)9-15(14)20/h4-9H,10H2,1-3H3,(H2,21,22,23,25). The minimum atomic E-state index is -1.03. The minimum Gasteiger partial charge on any atom is -0.497 e. The number of benzene rings is 2. The van der Waals surface area contributed by atoms with E-state index in [1.165, 1.54) is 19.2 Å². The summed E-state index contributed by atoms with van der Waals surface area (Å²) in [6.07, 6.45) is 0. The molecule has 8 heteroatoms. The maximum atomic E-state index is 13.8. The topological polar surface area (TPSA) is 93.7 Å². The van der Waals surface area contributed by atoms with E-state index in [-0.39, 0.29) is 11.3 Å². The third-order valence-corrected chi connectivity index (χ3v) is 3.61. The first-order valence-corrected chi connectivity index (χ1v) is 7.99. The maximum Gasteiger partial charge on any atom is 0.341 e. The van der Waals surface area contributed by atoms with Crippen LogP contribution in [-0.2, 0) is 9.53 Å². The van der Waals surface area contributed by atoms with Gasteiger partial charge in [0.2, 0.25) is 0 Å². The first kappa shape index (κ1) is 19.9. The van der Waals surface area contributed by atoms with E-state index < -0.39 is 30.3 Å². The molecule has 2 N–H and O–H groups in total. The zero-order valence-corrected chi connectivity index (χ0v) is 15.1. The highest BCUT2D eigenvalue weighted by molar-refractivity contribution is 6.02. The fourth-order valence-corrected chi connectivity index (χ4v) is 2.27. The van der Waals surface area contributed by atoms with E-state index in [1.807, 2.05) is 31.3 Å². The van der Waals surface area contributed by atoms with Crippen LogP contribution in [0.5, 0.6) is 5.75 Å². The first-order valence-electron chi connectivity index (χ1n) is 7.99. The van der Waals surface area contributed by atoms with Gasteiger partial charge in [0.05, 0.1) is 12.7 Å². The molecule has 0 saturated carbocycles. The molecule has 0 fully saturated rings. The largest absolute Gasteiger partial charge is 0.497 e. The van der Waals surface area contributed by atoms with Crippen LogP contribution < -0.4 is 15.4 Å². The van der Waals surface area contributed by atoms with Crippen molar-refractivity contribution in [2.45, 2.75) is 13.8 Å². The van der Waals surface area contributed by atoms with E-state index >= 15 is 0 Å². The zero-order chi connectivity index (χ0) is 20.0. The van der Waals surface area contributed by atoms with Crippen molar-refractivity contribution in [3.05, 3.63) is 58.9 Å². The summed E-state index contributed by atoms with van der Waals surface area (Å²) >= 11 is 0. The fourth-order valence-electron chi connectivity index (χ4n) is 2.27. The molecule has 7 nitrogen and oxygen atoms in total. The monoisotopic (exact) mass is 374 g/mol. The van der Waals surface area contributed by atoms with Gasteiger partial charge in [0.1, 0.15) is 11.6 Å². The summed E-state index contributed by atoms with van der Waals surface area (Å²) in [6.45, 7) is 3.00. The Hall–Kier alpha value is -3.42. The summed E-state index contributed by atoms with van der Waals surface area (Å²) in [5.74, 6) is -2.48. The Kier molecular flexibility index (Phi) is 6.48. The highest BCUT2D eigenvalue weighted by atomic mass is 19.1. The molecule has 0 saturated heterocycles. The number of amides is 3. The van der Waals surface area contributed by atoms with Gasteiger partial charge >= 0.3 is 12.0 Å². The van der Waals surface area contributed by atoms with Crippen molar-refractivity contribution in [3.8, 4) is 5.75 Å². The lowest BCUT2D eigenvalue weighted by molar-refractivity contribution is -0.123. The maximum absolute atomic E-state index is 13.8. The van der Waals surface area contributed by atoms with Crippen molar-refractivity contribution in [2.24, 2.45) is 0 Å². The van der Waals surface area contributed by atoms with Crippen molar-refractivity contribution in [1.82, 2.24) is 5.32 Å². The van der Waals surface area contributed by atoms with Crippen LogP contribution >= 0.6 is 0 Å². The molecule has 0 aromatic heterocycles. The minimum absolute atomic E-state index is 0.241. The average molecular weight is 374 g/mol.